The van der Waals surface area contributed by atoms with Crippen LogP contribution in [0.25, 0.3) is 0 Å². The van der Waals surface area contributed by atoms with Crippen LogP contribution in [0.4, 0.5) is 13.2 Å². The van der Waals surface area contributed by atoms with Gasteiger partial charge in [0.2, 0.25) is 5.91 Å². The molecule has 2 rings (SSSR count). The second kappa shape index (κ2) is 8.62. The van der Waals surface area contributed by atoms with Crippen LogP contribution in [-0.4, -0.2) is 49.3 Å². The third kappa shape index (κ3) is 4.75. The molecule has 0 saturated carbocycles. The molecule has 6 nitrogen and oxygen atoms in total. The van der Waals surface area contributed by atoms with Gasteiger partial charge in [-0.2, -0.15) is 13.2 Å². The lowest BCUT2D eigenvalue weighted by molar-refractivity contribution is -0.222. The summed E-state index contributed by atoms with van der Waals surface area (Å²) in [6.07, 6.45) is -7.23. The Morgan fingerprint density at radius 2 is 1.47 bits per heavy atom. The fourth-order valence-corrected chi connectivity index (χ4v) is 4.97. The standard InChI is InChI=1S/C22H31F3N2O4Si/c1-12(2)15(17(22(23,24)25)31-32(6,7)21(3,4)5)16(18(26)28)27-19(29)13-10-8-9-11-14(13)20(27)30/h8-12,15-17H,1-7H3,(H2,26,28). The highest BCUT2D eigenvalue weighted by molar-refractivity contribution is 6.74. The average molecular weight is 473 g/mol. The Hall–Kier alpha value is -2.20. The molecule has 1 aliphatic heterocycles. The largest absolute Gasteiger partial charge is 0.413 e. The van der Waals surface area contributed by atoms with Crippen LogP contribution in [0, 0.1) is 11.8 Å². The zero-order valence-electron chi connectivity index (χ0n) is 19.4. The summed E-state index contributed by atoms with van der Waals surface area (Å²) in [5, 5.41) is -0.546. The topological polar surface area (TPSA) is 89.7 Å². The number of fused-ring (bicyclic) bond motifs is 1. The van der Waals surface area contributed by atoms with Crippen molar-refractivity contribution < 1.29 is 32.0 Å². The Bertz CT molecular complexity index is 874. The Kier molecular flexibility index (Phi) is 7.02. The summed E-state index contributed by atoms with van der Waals surface area (Å²) in [7, 11) is -2.96. The van der Waals surface area contributed by atoms with Gasteiger partial charge in [0, 0.05) is 5.92 Å². The van der Waals surface area contributed by atoms with Gasteiger partial charge < -0.3 is 10.2 Å². The maximum absolute atomic E-state index is 14.4. The zero-order chi connectivity index (χ0) is 24.8. The molecule has 0 aliphatic carbocycles. The predicted octanol–water partition coefficient (Wildman–Crippen LogP) is 4.36. The molecular weight excluding hydrogens is 441 g/mol. The van der Waals surface area contributed by atoms with Crippen molar-refractivity contribution in [2.24, 2.45) is 17.6 Å². The number of carbonyl (C=O) groups excluding carboxylic acids is 3. The van der Waals surface area contributed by atoms with Crippen molar-refractivity contribution in [3.05, 3.63) is 35.4 Å². The van der Waals surface area contributed by atoms with Crippen LogP contribution < -0.4 is 5.73 Å². The maximum atomic E-state index is 14.4. The summed E-state index contributed by atoms with van der Waals surface area (Å²) in [6.45, 7) is 11.7. The summed E-state index contributed by atoms with van der Waals surface area (Å²) in [5.74, 6) is -5.23. The normalized spacial score (nSPS) is 18.0. The number of alkyl halides is 3. The van der Waals surface area contributed by atoms with Gasteiger partial charge in [0.15, 0.2) is 8.32 Å². The van der Waals surface area contributed by atoms with Gasteiger partial charge >= 0.3 is 6.18 Å². The van der Waals surface area contributed by atoms with Gasteiger partial charge in [0.05, 0.1) is 11.1 Å². The van der Waals surface area contributed by atoms with Crippen LogP contribution in [0.15, 0.2) is 24.3 Å². The number of imide groups is 1. The van der Waals surface area contributed by atoms with Crippen molar-refractivity contribution in [2.45, 2.75) is 71.1 Å². The van der Waals surface area contributed by atoms with Gasteiger partial charge in [-0.1, -0.05) is 46.8 Å². The van der Waals surface area contributed by atoms with Gasteiger partial charge in [0.25, 0.3) is 11.8 Å². The minimum atomic E-state index is -4.85. The van der Waals surface area contributed by atoms with E-state index in [1.165, 1.54) is 38.1 Å². The van der Waals surface area contributed by atoms with Crippen molar-refractivity contribution in [3.8, 4) is 0 Å². The molecule has 10 heteroatoms. The molecule has 1 aromatic carbocycles. The first-order valence-corrected chi connectivity index (χ1v) is 13.3. The number of hydrogen-bond donors (Lipinski definition) is 1. The van der Waals surface area contributed by atoms with E-state index in [-0.39, 0.29) is 11.1 Å². The summed E-state index contributed by atoms with van der Waals surface area (Å²) in [6, 6.07) is 4.03. The Balaban J connectivity index is 2.63. The summed E-state index contributed by atoms with van der Waals surface area (Å²) < 4.78 is 48.9. The first-order chi connectivity index (χ1) is 14.4. The monoisotopic (exact) mass is 472 g/mol. The summed E-state index contributed by atoms with van der Waals surface area (Å²) >= 11 is 0. The molecule has 1 heterocycles. The average Bonchev–Trinajstić information content (AvgIpc) is 2.87. The van der Waals surface area contributed by atoms with E-state index in [1.54, 1.807) is 33.9 Å². The molecule has 0 spiro atoms. The van der Waals surface area contributed by atoms with Crippen LogP contribution in [0.5, 0.6) is 0 Å². The molecule has 3 unspecified atom stereocenters. The van der Waals surface area contributed by atoms with E-state index < -0.39 is 61.2 Å². The molecule has 3 atom stereocenters. The third-order valence-corrected chi connectivity index (χ3v) is 10.9. The molecule has 178 valence electrons. The molecule has 0 bridgehead atoms. The Morgan fingerprint density at radius 3 is 1.78 bits per heavy atom. The number of amides is 3. The first-order valence-electron chi connectivity index (χ1n) is 10.4. The Morgan fingerprint density at radius 1 is 1.03 bits per heavy atom. The zero-order valence-corrected chi connectivity index (χ0v) is 20.4. The van der Waals surface area contributed by atoms with Crippen LogP contribution in [0.2, 0.25) is 18.1 Å². The van der Waals surface area contributed by atoms with Crippen molar-refractivity contribution in [3.63, 3.8) is 0 Å². The fraction of sp³-hybridized carbons (Fsp3) is 0.591. The minimum Gasteiger partial charge on any atom is -0.405 e. The highest BCUT2D eigenvalue weighted by Crippen LogP contribution is 2.44. The number of carbonyl (C=O) groups is 3. The lowest BCUT2D eigenvalue weighted by atomic mass is 9.82. The second-order valence-corrected chi connectivity index (χ2v) is 14.8. The number of nitrogens with zero attached hydrogens (tertiary/aromatic N) is 1. The molecule has 1 aliphatic rings. The van der Waals surface area contributed by atoms with Crippen molar-refractivity contribution in [1.29, 1.82) is 0 Å². The van der Waals surface area contributed by atoms with E-state index >= 15 is 0 Å². The number of rotatable bonds is 7. The fourth-order valence-electron chi connectivity index (χ4n) is 3.69. The van der Waals surface area contributed by atoms with Crippen LogP contribution in [-0.2, 0) is 9.22 Å². The molecule has 1 aromatic rings. The minimum absolute atomic E-state index is 0.0279. The molecular formula is C22H31F3N2O4Si. The lowest BCUT2D eigenvalue weighted by Gasteiger charge is -2.45. The Labute approximate surface area is 187 Å². The molecule has 0 saturated heterocycles. The summed E-state index contributed by atoms with van der Waals surface area (Å²) in [4.78, 5) is 39.1. The van der Waals surface area contributed by atoms with Gasteiger partial charge in [-0.3, -0.25) is 19.3 Å². The summed E-state index contributed by atoms with van der Waals surface area (Å²) in [5.41, 5.74) is 5.60. The maximum Gasteiger partial charge on any atom is 0.413 e. The number of primary amides is 1. The van der Waals surface area contributed by atoms with Crippen molar-refractivity contribution >= 4 is 26.0 Å². The van der Waals surface area contributed by atoms with Gasteiger partial charge in [-0.15, -0.1) is 0 Å². The molecule has 0 radical (unpaired) electrons. The first kappa shape index (κ1) is 26.1. The van der Waals surface area contributed by atoms with Crippen molar-refractivity contribution in [2.75, 3.05) is 0 Å². The van der Waals surface area contributed by atoms with E-state index in [9.17, 15) is 27.6 Å². The number of benzene rings is 1. The molecule has 32 heavy (non-hydrogen) atoms. The second-order valence-electron chi connectivity index (χ2n) is 10.0. The van der Waals surface area contributed by atoms with E-state index in [0.29, 0.717) is 4.90 Å². The van der Waals surface area contributed by atoms with Gasteiger partial charge in [-0.05, 0) is 36.2 Å². The van der Waals surface area contributed by atoms with E-state index in [1.807, 2.05) is 0 Å². The lowest BCUT2D eigenvalue weighted by Crippen LogP contribution is -2.61. The van der Waals surface area contributed by atoms with Gasteiger partial charge in [-0.25, -0.2) is 0 Å². The SMILES string of the molecule is CC(C)C(C(C(N)=O)N1C(=O)c2ccccc2C1=O)C(O[Si](C)(C)C(C)(C)C)C(F)(F)F. The third-order valence-electron chi connectivity index (χ3n) is 6.43. The van der Waals surface area contributed by atoms with Gasteiger partial charge in [0.1, 0.15) is 12.1 Å². The molecule has 2 N–H and O–H groups in total. The number of nitrogens with two attached hydrogens (primary N) is 1. The number of halogens is 3. The van der Waals surface area contributed by atoms with Crippen LogP contribution in [0.3, 0.4) is 0 Å². The predicted molar refractivity (Wildman–Crippen MR) is 116 cm³/mol. The molecule has 3 amide bonds. The highest BCUT2D eigenvalue weighted by atomic mass is 28.4. The highest BCUT2D eigenvalue weighted by Gasteiger charge is 2.57. The van der Waals surface area contributed by atoms with Crippen molar-refractivity contribution in [1.82, 2.24) is 4.90 Å². The molecule has 0 aromatic heterocycles. The number of hydrogen-bond acceptors (Lipinski definition) is 4. The van der Waals surface area contributed by atoms with E-state index in [4.69, 9.17) is 10.2 Å². The van der Waals surface area contributed by atoms with Crippen LogP contribution in [0.1, 0.15) is 55.3 Å². The quantitative estimate of drug-likeness (QED) is 0.472. The van der Waals surface area contributed by atoms with E-state index in [0.717, 1.165) is 0 Å². The molecule has 0 fully saturated rings. The van der Waals surface area contributed by atoms with Crippen LogP contribution >= 0.6 is 0 Å². The van der Waals surface area contributed by atoms with E-state index in [2.05, 4.69) is 0 Å². The smallest absolute Gasteiger partial charge is 0.405 e.